The quantitative estimate of drug-likeness (QED) is 0.445. The molecule has 0 unspecified atom stereocenters. The Bertz CT molecular complexity index is 731. The summed E-state index contributed by atoms with van der Waals surface area (Å²) in [7, 11) is 9.87. The number of nitrogens with zero attached hydrogens (tertiary/aromatic N) is 1. The van der Waals surface area contributed by atoms with Crippen LogP contribution in [-0.4, -0.2) is 17.9 Å². The minimum absolute atomic E-state index is 0.266. The molecule has 0 saturated heterocycles. The average molecular weight is 486 g/mol. The molecule has 146 valence electrons. The van der Waals surface area contributed by atoms with Crippen molar-refractivity contribution in [2.24, 2.45) is 10.9 Å². The van der Waals surface area contributed by atoms with Crippen molar-refractivity contribution in [3.05, 3.63) is 64.7 Å². The summed E-state index contributed by atoms with van der Waals surface area (Å²) in [4.78, 5) is 4.49. The van der Waals surface area contributed by atoms with Crippen molar-refractivity contribution in [3.63, 3.8) is 0 Å². The van der Waals surface area contributed by atoms with Crippen LogP contribution in [0.25, 0.3) is 0 Å². The van der Waals surface area contributed by atoms with Gasteiger partial charge in [-0.3, -0.25) is 4.99 Å². The number of aryl methyl sites for hydroxylation is 1. The molecule has 0 atom stereocenters. The SMILES string of the molecule is Cc1cc(C=NCCC(C)C)c(O)c(C(C)(C)c2ccccc2)c1.[Cl][Zr][Cl]. The van der Waals surface area contributed by atoms with Gasteiger partial charge in [0.25, 0.3) is 0 Å². The second-order valence-electron chi connectivity index (χ2n) is 7.53. The fraction of sp³-hybridized carbons (Fsp3) is 0.409. The summed E-state index contributed by atoms with van der Waals surface area (Å²) >= 11 is -0.826. The van der Waals surface area contributed by atoms with E-state index in [1.165, 1.54) is 5.56 Å². The Kier molecular flexibility index (Phi) is 10.9. The van der Waals surface area contributed by atoms with Crippen LogP contribution in [0.3, 0.4) is 0 Å². The van der Waals surface area contributed by atoms with Gasteiger partial charge in [0.2, 0.25) is 0 Å². The van der Waals surface area contributed by atoms with Crippen LogP contribution in [0, 0.1) is 12.8 Å². The van der Waals surface area contributed by atoms with Gasteiger partial charge in [-0.2, -0.15) is 0 Å². The molecule has 2 aromatic rings. The van der Waals surface area contributed by atoms with Crippen LogP contribution in [0.2, 0.25) is 0 Å². The zero-order valence-electron chi connectivity index (χ0n) is 16.8. The summed E-state index contributed by atoms with van der Waals surface area (Å²) in [6.45, 7) is 11.5. The number of phenolic OH excluding ortho intramolecular Hbond substituents is 1. The van der Waals surface area contributed by atoms with Gasteiger partial charge in [0.15, 0.2) is 0 Å². The third kappa shape index (κ3) is 7.72. The molecule has 2 nitrogen and oxygen atoms in total. The van der Waals surface area contributed by atoms with Gasteiger partial charge in [0.1, 0.15) is 5.75 Å². The zero-order valence-corrected chi connectivity index (χ0v) is 20.7. The van der Waals surface area contributed by atoms with Crippen LogP contribution in [-0.2, 0) is 26.3 Å². The monoisotopic (exact) mass is 483 g/mol. The van der Waals surface area contributed by atoms with Gasteiger partial charge in [-0.25, -0.2) is 0 Å². The fourth-order valence-electron chi connectivity index (χ4n) is 2.89. The first-order valence-electron chi connectivity index (χ1n) is 9.09. The van der Waals surface area contributed by atoms with Crippen LogP contribution in [0.15, 0.2) is 47.5 Å². The average Bonchev–Trinajstić information content (AvgIpc) is 2.62. The molecular formula is C22H29Cl2NOZr. The van der Waals surface area contributed by atoms with Crippen molar-refractivity contribution in [2.45, 2.75) is 46.5 Å². The maximum absolute atomic E-state index is 10.8. The van der Waals surface area contributed by atoms with Gasteiger partial charge in [0.05, 0.1) is 0 Å². The second-order valence-corrected chi connectivity index (χ2v) is 11.3. The third-order valence-electron chi connectivity index (χ3n) is 4.52. The normalized spacial score (nSPS) is 11.4. The number of hydrogen-bond donors (Lipinski definition) is 1. The van der Waals surface area contributed by atoms with Gasteiger partial charge >= 0.3 is 37.9 Å². The minimum atomic E-state index is -0.826. The van der Waals surface area contributed by atoms with Crippen LogP contribution in [0.1, 0.15) is 56.4 Å². The van der Waals surface area contributed by atoms with E-state index in [2.05, 4.69) is 57.8 Å². The Balaban J connectivity index is 0.00000114. The molecule has 0 amide bonds. The predicted molar refractivity (Wildman–Crippen MR) is 115 cm³/mol. The molecular weight excluding hydrogens is 456 g/mol. The van der Waals surface area contributed by atoms with Crippen LogP contribution in [0.4, 0.5) is 0 Å². The molecule has 5 heteroatoms. The van der Waals surface area contributed by atoms with Crippen LogP contribution in [0.5, 0.6) is 5.75 Å². The van der Waals surface area contributed by atoms with Gasteiger partial charge in [-0.1, -0.05) is 64.1 Å². The summed E-state index contributed by atoms with van der Waals surface area (Å²) in [5.41, 5.74) is 3.81. The topological polar surface area (TPSA) is 32.6 Å². The maximum atomic E-state index is 10.8. The van der Waals surface area contributed by atoms with Crippen molar-refractivity contribution in [3.8, 4) is 5.75 Å². The Morgan fingerprint density at radius 2 is 1.74 bits per heavy atom. The summed E-state index contributed by atoms with van der Waals surface area (Å²) in [6.07, 6.45) is 2.88. The van der Waals surface area contributed by atoms with E-state index in [1.54, 1.807) is 0 Å². The Hall–Kier alpha value is -0.627. The molecule has 2 aromatic carbocycles. The Morgan fingerprint density at radius 3 is 2.30 bits per heavy atom. The van der Waals surface area contributed by atoms with E-state index in [-0.39, 0.29) is 5.41 Å². The van der Waals surface area contributed by atoms with Crippen molar-refractivity contribution in [1.82, 2.24) is 0 Å². The molecule has 0 aliphatic carbocycles. The standard InChI is InChI=1S/C22H29NO.2ClH.Zr/c1-16(2)11-12-23-15-18-13-17(3)14-20(21(18)24)22(4,5)19-9-7-6-8-10-19;;;/h6-10,13-16,24H,11-12H2,1-5H3;2*1H;/q;;;+2/p-2. The summed E-state index contributed by atoms with van der Waals surface area (Å²) < 4.78 is 0. The van der Waals surface area contributed by atoms with E-state index in [1.807, 2.05) is 30.5 Å². The number of rotatable bonds is 6. The van der Waals surface area contributed by atoms with Crippen molar-refractivity contribution in [1.29, 1.82) is 0 Å². The summed E-state index contributed by atoms with van der Waals surface area (Å²) in [5.74, 6) is 0.976. The van der Waals surface area contributed by atoms with Crippen molar-refractivity contribution >= 4 is 23.2 Å². The van der Waals surface area contributed by atoms with Crippen molar-refractivity contribution < 1.29 is 26.0 Å². The zero-order chi connectivity index (χ0) is 20.4. The molecule has 2 rings (SSSR count). The van der Waals surface area contributed by atoms with Crippen LogP contribution < -0.4 is 0 Å². The molecule has 0 aliphatic heterocycles. The third-order valence-corrected chi connectivity index (χ3v) is 4.52. The van der Waals surface area contributed by atoms with Crippen molar-refractivity contribution in [2.75, 3.05) is 6.54 Å². The molecule has 0 saturated carbocycles. The van der Waals surface area contributed by atoms with Gasteiger partial charge in [-0.15, -0.1) is 0 Å². The molecule has 0 spiro atoms. The first-order valence-corrected chi connectivity index (χ1v) is 15.4. The molecule has 0 aromatic heterocycles. The van der Waals surface area contributed by atoms with Gasteiger partial charge < -0.3 is 5.11 Å². The summed E-state index contributed by atoms with van der Waals surface area (Å²) in [6, 6.07) is 14.4. The number of phenols is 1. The number of aliphatic imine (C=N–C) groups is 1. The van der Waals surface area contributed by atoms with Crippen LogP contribution >= 0.6 is 17.0 Å². The first-order chi connectivity index (χ1) is 12.7. The first kappa shape index (κ1) is 24.4. The van der Waals surface area contributed by atoms with E-state index in [0.29, 0.717) is 11.7 Å². The Labute approximate surface area is 182 Å². The fourth-order valence-corrected chi connectivity index (χ4v) is 2.89. The molecule has 27 heavy (non-hydrogen) atoms. The van der Waals surface area contributed by atoms with E-state index < -0.39 is 20.8 Å². The van der Waals surface area contributed by atoms with E-state index >= 15 is 0 Å². The van der Waals surface area contributed by atoms with E-state index in [4.69, 9.17) is 17.0 Å². The second kappa shape index (κ2) is 12.0. The summed E-state index contributed by atoms with van der Waals surface area (Å²) in [5, 5.41) is 10.8. The van der Waals surface area contributed by atoms with E-state index in [0.717, 1.165) is 29.7 Å². The molecule has 0 bridgehead atoms. The molecule has 0 heterocycles. The number of halogens is 2. The van der Waals surface area contributed by atoms with E-state index in [9.17, 15) is 5.11 Å². The van der Waals surface area contributed by atoms with Gasteiger partial charge in [-0.05, 0) is 36.5 Å². The molecule has 0 aliphatic rings. The molecule has 0 fully saturated rings. The number of hydrogen-bond acceptors (Lipinski definition) is 2. The number of benzene rings is 2. The molecule has 1 N–H and O–H groups in total. The Morgan fingerprint density at radius 1 is 1.15 bits per heavy atom. The van der Waals surface area contributed by atoms with Gasteiger partial charge in [0, 0.05) is 29.3 Å². The molecule has 0 radical (unpaired) electrons. The predicted octanol–water partition coefficient (Wildman–Crippen LogP) is 6.87. The number of aromatic hydroxyl groups is 1.